The molecule has 5 heteroatoms. The number of halogens is 1. The summed E-state index contributed by atoms with van der Waals surface area (Å²) >= 11 is 6.18. The van der Waals surface area contributed by atoms with Crippen LogP contribution < -0.4 is 10.1 Å². The van der Waals surface area contributed by atoms with Crippen LogP contribution in [-0.4, -0.2) is 28.3 Å². The van der Waals surface area contributed by atoms with E-state index in [-0.39, 0.29) is 6.04 Å². The molecule has 152 valence electrons. The number of benzene rings is 1. The summed E-state index contributed by atoms with van der Waals surface area (Å²) < 4.78 is 6.20. The number of aliphatic hydroxyl groups excluding tert-OH is 1. The van der Waals surface area contributed by atoms with Crippen molar-refractivity contribution in [3.63, 3.8) is 0 Å². The molecule has 2 aromatic rings. The number of aliphatic hydroxyl groups is 1. The largest absolute Gasteiger partial charge is 0.485 e. The van der Waals surface area contributed by atoms with Crippen LogP contribution >= 0.6 is 11.6 Å². The van der Waals surface area contributed by atoms with E-state index in [9.17, 15) is 5.11 Å². The van der Waals surface area contributed by atoms with Gasteiger partial charge in [0.15, 0.2) is 0 Å². The Balaban J connectivity index is 1.63. The van der Waals surface area contributed by atoms with Crippen LogP contribution in [0.1, 0.15) is 69.5 Å². The zero-order valence-electron chi connectivity index (χ0n) is 17.1. The van der Waals surface area contributed by atoms with Crippen molar-refractivity contribution < 1.29 is 9.84 Å². The summed E-state index contributed by atoms with van der Waals surface area (Å²) in [7, 11) is 0. The maximum atomic E-state index is 11.0. The first-order chi connectivity index (χ1) is 13.3. The van der Waals surface area contributed by atoms with Gasteiger partial charge in [0.2, 0.25) is 0 Å². The van der Waals surface area contributed by atoms with Gasteiger partial charge >= 0.3 is 0 Å². The zero-order valence-corrected chi connectivity index (χ0v) is 17.9. The van der Waals surface area contributed by atoms with Crippen LogP contribution in [0, 0.1) is 12.8 Å². The molecular formula is C23H31ClN2O2. The highest BCUT2D eigenvalue weighted by molar-refractivity contribution is 6.29. The lowest BCUT2D eigenvalue weighted by Gasteiger charge is -2.42. The van der Waals surface area contributed by atoms with Crippen LogP contribution in [0.5, 0.6) is 5.75 Å². The van der Waals surface area contributed by atoms with Gasteiger partial charge in [0.1, 0.15) is 22.6 Å². The molecule has 2 aliphatic rings. The SMILES string of the molecule is Cc1cc(Cl)nc2cc3c(cc12)OC(C)(C)C(O)C3NCCC1CCCCC1. The Labute approximate surface area is 172 Å². The summed E-state index contributed by atoms with van der Waals surface area (Å²) in [6.07, 6.45) is 7.31. The Morgan fingerprint density at radius 3 is 2.71 bits per heavy atom. The van der Waals surface area contributed by atoms with Crippen molar-refractivity contribution in [3.05, 3.63) is 34.5 Å². The van der Waals surface area contributed by atoms with Crippen molar-refractivity contribution in [2.75, 3.05) is 6.54 Å². The molecule has 1 aromatic heterocycles. The minimum Gasteiger partial charge on any atom is -0.485 e. The van der Waals surface area contributed by atoms with Gasteiger partial charge in [-0.25, -0.2) is 4.98 Å². The number of pyridine rings is 1. The van der Waals surface area contributed by atoms with Gasteiger partial charge in [-0.2, -0.15) is 0 Å². The highest BCUT2D eigenvalue weighted by Gasteiger charge is 2.43. The van der Waals surface area contributed by atoms with Gasteiger partial charge in [-0.15, -0.1) is 0 Å². The summed E-state index contributed by atoms with van der Waals surface area (Å²) in [6, 6.07) is 5.78. The van der Waals surface area contributed by atoms with Crippen LogP contribution in [0.4, 0.5) is 0 Å². The third-order valence-electron chi connectivity index (χ3n) is 6.49. The van der Waals surface area contributed by atoms with Crippen molar-refractivity contribution in [2.24, 2.45) is 5.92 Å². The lowest BCUT2D eigenvalue weighted by atomic mass is 9.84. The van der Waals surface area contributed by atoms with E-state index >= 15 is 0 Å². The topological polar surface area (TPSA) is 54.4 Å². The fraction of sp³-hybridized carbons (Fsp3) is 0.609. The second-order valence-electron chi connectivity index (χ2n) is 9.04. The standard InChI is InChI=1S/C23H31ClN2O2/c1-14-11-20(24)26-18-12-17-19(13-16(14)18)28-23(2,3)22(27)21(17)25-10-9-15-7-5-4-6-8-15/h11-13,15,21-22,25,27H,4-10H2,1-3H3. The van der Waals surface area contributed by atoms with Crippen LogP contribution in [0.2, 0.25) is 5.15 Å². The van der Waals surface area contributed by atoms with Gasteiger partial charge in [0, 0.05) is 10.9 Å². The monoisotopic (exact) mass is 402 g/mol. The molecule has 28 heavy (non-hydrogen) atoms. The zero-order chi connectivity index (χ0) is 19.9. The molecular weight excluding hydrogens is 372 g/mol. The van der Waals surface area contributed by atoms with E-state index in [0.29, 0.717) is 5.15 Å². The number of hydrogen-bond acceptors (Lipinski definition) is 4. The number of hydrogen-bond donors (Lipinski definition) is 2. The number of ether oxygens (including phenoxy) is 1. The lowest BCUT2D eigenvalue weighted by Crippen LogP contribution is -2.52. The summed E-state index contributed by atoms with van der Waals surface area (Å²) in [5, 5.41) is 16.2. The quantitative estimate of drug-likeness (QED) is 0.678. The lowest BCUT2D eigenvalue weighted by molar-refractivity contribution is -0.0645. The Morgan fingerprint density at radius 1 is 1.21 bits per heavy atom. The Hall–Kier alpha value is -1.36. The molecule has 2 atom stereocenters. The number of nitrogens with zero attached hydrogens (tertiary/aromatic N) is 1. The van der Waals surface area contributed by atoms with Gasteiger partial charge in [-0.1, -0.05) is 43.7 Å². The number of aromatic nitrogens is 1. The minimum atomic E-state index is -0.656. The highest BCUT2D eigenvalue weighted by atomic mass is 35.5. The molecule has 1 aromatic carbocycles. The highest BCUT2D eigenvalue weighted by Crippen LogP contribution is 2.42. The predicted molar refractivity (Wildman–Crippen MR) is 114 cm³/mol. The number of fused-ring (bicyclic) bond motifs is 2. The molecule has 4 nitrogen and oxygen atoms in total. The molecule has 2 heterocycles. The molecule has 0 saturated heterocycles. The molecule has 1 fully saturated rings. The van der Waals surface area contributed by atoms with E-state index in [1.807, 2.05) is 39.0 Å². The first-order valence-electron chi connectivity index (χ1n) is 10.6. The first-order valence-corrected chi connectivity index (χ1v) is 10.9. The maximum absolute atomic E-state index is 11.0. The van der Waals surface area contributed by atoms with Crippen molar-refractivity contribution in [1.82, 2.24) is 10.3 Å². The van der Waals surface area contributed by atoms with Crippen molar-refractivity contribution in [2.45, 2.75) is 77.0 Å². The molecule has 1 aliphatic carbocycles. The molecule has 0 spiro atoms. The van der Waals surface area contributed by atoms with Crippen LogP contribution in [-0.2, 0) is 0 Å². The average Bonchev–Trinajstić information content (AvgIpc) is 2.65. The summed E-state index contributed by atoms with van der Waals surface area (Å²) in [6.45, 7) is 6.84. The Bertz CT molecular complexity index is 861. The Morgan fingerprint density at radius 2 is 1.96 bits per heavy atom. The molecule has 0 bridgehead atoms. The molecule has 0 radical (unpaired) electrons. The van der Waals surface area contributed by atoms with Crippen LogP contribution in [0.15, 0.2) is 18.2 Å². The molecule has 2 unspecified atom stereocenters. The van der Waals surface area contributed by atoms with Crippen LogP contribution in [0.25, 0.3) is 10.9 Å². The van der Waals surface area contributed by atoms with Gasteiger partial charge in [-0.05, 0) is 63.4 Å². The van der Waals surface area contributed by atoms with E-state index in [2.05, 4.69) is 10.3 Å². The van der Waals surface area contributed by atoms with E-state index in [4.69, 9.17) is 16.3 Å². The van der Waals surface area contributed by atoms with Gasteiger partial charge in [0.25, 0.3) is 0 Å². The maximum Gasteiger partial charge on any atom is 0.131 e. The van der Waals surface area contributed by atoms with Gasteiger partial charge in [-0.3, -0.25) is 0 Å². The second-order valence-corrected chi connectivity index (χ2v) is 9.43. The fourth-order valence-electron chi connectivity index (χ4n) is 4.78. The van der Waals surface area contributed by atoms with E-state index < -0.39 is 11.7 Å². The van der Waals surface area contributed by atoms with E-state index in [0.717, 1.165) is 46.7 Å². The normalized spacial score (nSPS) is 24.8. The third-order valence-corrected chi connectivity index (χ3v) is 6.69. The van der Waals surface area contributed by atoms with Crippen LogP contribution in [0.3, 0.4) is 0 Å². The van der Waals surface area contributed by atoms with Gasteiger partial charge in [0.05, 0.1) is 11.6 Å². The van der Waals surface area contributed by atoms with Crippen molar-refractivity contribution in [3.8, 4) is 5.75 Å². The predicted octanol–water partition coefficient (Wildman–Crippen LogP) is 5.33. The number of aryl methyl sites for hydroxylation is 1. The number of rotatable bonds is 4. The van der Waals surface area contributed by atoms with E-state index in [1.165, 1.54) is 32.1 Å². The molecule has 1 aliphatic heterocycles. The molecule has 4 rings (SSSR count). The number of nitrogens with one attached hydrogen (secondary N) is 1. The Kier molecular flexibility index (Phi) is 5.56. The van der Waals surface area contributed by atoms with Crippen molar-refractivity contribution >= 4 is 22.5 Å². The fourth-order valence-corrected chi connectivity index (χ4v) is 5.04. The first kappa shape index (κ1) is 19.9. The smallest absolute Gasteiger partial charge is 0.131 e. The van der Waals surface area contributed by atoms with Gasteiger partial charge < -0.3 is 15.2 Å². The second kappa shape index (κ2) is 7.81. The summed E-state index contributed by atoms with van der Waals surface area (Å²) in [5.74, 6) is 1.63. The molecule has 0 amide bonds. The van der Waals surface area contributed by atoms with E-state index in [1.54, 1.807) is 0 Å². The third kappa shape index (κ3) is 3.87. The summed E-state index contributed by atoms with van der Waals surface area (Å²) in [4.78, 5) is 4.49. The minimum absolute atomic E-state index is 0.173. The molecule has 2 N–H and O–H groups in total. The summed E-state index contributed by atoms with van der Waals surface area (Å²) in [5.41, 5.74) is 2.24. The average molecular weight is 403 g/mol. The molecule has 1 saturated carbocycles. The van der Waals surface area contributed by atoms with Crippen molar-refractivity contribution in [1.29, 1.82) is 0 Å².